The summed E-state index contributed by atoms with van der Waals surface area (Å²) in [6, 6.07) is 15.9. The van der Waals surface area contributed by atoms with Crippen LogP contribution in [0.5, 0.6) is 11.5 Å². The molecule has 0 aliphatic carbocycles. The number of hydrogen-bond donors (Lipinski definition) is 1. The Morgan fingerprint density at radius 3 is 2.64 bits per heavy atom. The number of carbonyl (C=O) groups excluding carboxylic acids is 1. The lowest BCUT2D eigenvalue weighted by atomic mass is 10.1. The predicted molar refractivity (Wildman–Crippen MR) is 136 cm³/mol. The first-order chi connectivity index (χ1) is 17.6. The number of carbonyl (C=O) groups is 1. The van der Waals surface area contributed by atoms with Gasteiger partial charge in [0.1, 0.15) is 12.4 Å². The molecule has 0 spiro atoms. The third-order valence-corrected chi connectivity index (χ3v) is 6.22. The summed E-state index contributed by atoms with van der Waals surface area (Å²) >= 11 is 0. The van der Waals surface area contributed by atoms with Crippen LogP contribution in [-0.2, 0) is 24.3 Å². The van der Waals surface area contributed by atoms with Gasteiger partial charge in [-0.25, -0.2) is 9.67 Å². The smallest absolute Gasteiger partial charge is 0.267 e. The van der Waals surface area contributed by atoms with Gasteiger partial charge in [-0.15, -0.1) is 0 Å². The van der Waals surface area contributed by atoms with Crippen LogP contribution in [0.25, 0.3) is 22.5 Å². The summed E-state index contributed by atoms with van der Waals surface area (Å²) in [5, 5.41) is 7.34. The molecule has 2 aromatic heterocycles. The second-order valence-corrected chi connectivity index (χ2v) is 8.57. The van der Waals surface area contributed by atoms with Crippen LogP contribution in [0.15, 0.2) is 65.6 Å². The van der Waals surface area contributed by atoms with E-state index in [9.17, 15) is 9.59 Å². The summed E-state index contributed by atoms with van der Waals surface area (Å²) in [5.41, 5.74) is 3.20. The summed E-state index contributed by atoms with van der Waals surface area (Å²) in [6.07, 6.45) is 5.28. The molecule has 0 bridgehead atoms. The summed E-state index contributed by atoms with van der Waals surface area (Å²) < 4.78 is 14.0. The number of imidazole rings is 1. The van der Waals surface area contributed by atoms with Crippen LogP contribution in [0, 0.1) is 0 Å². The van der Waals surface area contributed by atoms with Crippen molar-refractivity contribution in [1.82, 2.24) is 19.3 Å². The number of amides is 1. The van der Waals surface area contributed by atoms with E-state index in [1.54, 1.807) is 32.4 Å². The van der Waals surface area contributed by atoms with Crippen molar-refractivity contribution in [3.05, 3.63) is 77.0 Å². The average Bonchev–Trinajstić information content (AvgIpc) is 3.34. The van der Waals surface area contributed by atoms with Crippen molar-refractivity contribution < 1.29 is 14.3 Å². The highest BCUT2D eigenvalue weighted by atomic mass is 16.5. The normalized spacial score (nSPS) is 12.6. The maximum atomic E-state index is 13.0. The van der Waals surface area contributed by atoms with Crippen molar-refractivity contribution in [3.63, 3.8) is 0 Å². The van der Waals surface area contributed by atoms with Crippen LogP contribution < -0.4 is 20.3 Å². The summed E-state index contributed by atoms with van der Waals surface area (Å²) in [4.78, 5) is 30.2. The number of rotatable bonds is 7. The van der Waals surface area contributed by atoms with Crippen molar-refractivity contribution in [1.29, 1.82) is 0 Å². The Labute approximate surface area is 208 Å². The van der Waals surface area contributed by atoms with E-state index >= 15 is 0 Å². The summed E-state index contributed by atoms with van der Waals surface area (Å²) in [5.74, 6) is 1.85. The number of anilines is 1. The molecule has 4 aromatic rings. The van der Waals surface area contributed by atoms with Crippen LogP contribution in [0.2, 0.25) is 0 Å². The van der Waals surface area contributed by atoms with Gasteiger partial charge in [-0.1, -0.05) is 18.2 Å². The number of aromatic nitrogens is 4. The lowest BCUT2D eigenvalue weighted by molar-refractivity contribution is -0.117. The molecule has 5 rings (SSSR count). The molecule has 0 radical (unpaired) electrons. The fourth-order valence-corrected chi connectivity index (χ4v) is 4.40. The summed E-state index contributed by atoms with van der Waals surface area (Å²) in [6.45, 7) is 0.732. The van der Waals surface area contributed by atoms with Gasteiger partial charge in [0.25, 0.3) is 5.56 Å². The van der Waals surface area contributed by atoms with Gasteiger partial charge in [0.15, 0.2) is 11.5 Å². The van der Waals surface area contributed by atoms with Crippen LogP contribution in [0.4, 0.5) is 5.69 Å². The zero-order valence-electron chi connectivity index (χ0n) is 20.2. The van der Waals surface area contributed by atoms with Crippen LogP contribution in [-0.4, -0.2) is 39.5 Å². The molecule has 9 heteroatoms. The molecular weight excluding hydrogens is 458 g/mol. The van der Waals surface area contributed by atoms with E-state index in [4.69, 9.17) is 14.5 Å². The number of hydrogen-bond acceptors (Lipinski definition) is 6. The van der Waals surface area contributed by atoms with E-state index in [0.29, 0.717) is 22.9 Å². The van der Waals surface area contributed by atoms with Crippen molar-refractivity contribution in [2.75, 3.05) is 19.5 Å². The third-order valence-electron chi connectivity index (χ3n) is 6.22. The topological polar surface area (TPSA) is 100 Å². The van der Waals surface area contributed by atoms with Crippen molar-refractivity contribution in [3.8, 4) is 34.0 Å². The van der Waals surface area contributed by atoms with Crippen molar-refractivity contribution in [2.24, 2.45) is 0 Å². The Hall–Kier alpha value is -4.40. The predicted octanol–water partition coefficient (Wildman–Crippen LogP) is 3.77. The first kappa shape index (κ1) is 23.3. The second-order valence-electron chi connectivity index (χ2n) is 8.57. The minimum atomic E-state index is -0.371. The lowest BCUT2D eigenvalue weighted by Gasteiger charge is -2.12. The Bertz CT molecular complexity index is 1450. The number of fused-ring (bicyclic) bond motifs is 1. The van der Waals surface area contributed by atoms with Gasteiger partial charge >= 0.3 is 0 Å². The van der Waals surface area contributed by atoms with Crippen LogP contribution in [0.1, 0.15) is 18.7 Å². The number of methoxy groups -OCH3 is 2. The quantitative estimate of drug-likeness (QED) is 0.428. The Morgan fingerprint density at radius 1 is 1.00 bits per heavy atom. The maximum absolute atomic E-state index is 13.0. The van der Waals surface area contributed by atoms with E-state index in [1.165, 1.54) is 6.07 Å². The fourth-order valence-electron chi connectivity index (χ4n) is 4.40. The molecule has 184 valence electrons. The molecule has 1 amide bonds. The number of para-hydroxylation sites is 1. The van der Waals surface area contributed by atoms with Gasteiger partial charge in [0, 0.05) is 36.4 Å². The number of nitrogens with zero attached hydrogens (tertiary/aromatic N) is 4. The zero-order chi connectivity index (χ0) is 25.1. The largest absolute Gasteiger partial charge is 0.493 e. The number of nitrogens with one attached hydrogen (secondary N) is 1. The highest BCUT2D eigenvalue weighted by Crippen LogP contribution is 2.31. The molecule has 1 aliphatic heterocycles. The Kier molecular flexibility index (Phi) is 6.53. The minimum absolute atomic E-state index is 0.228. The SMILES string of the molecule is COc1ccc(-c2ccc(=O)n(CC(=O)Nc3ccccc3-c3cn4c(n3)CCCC4)n2)cc1OC. The van der Waals surface area contributed by atoms with Gasteiger partial charge in [-0.05, 0) is 43.2 Å². The molecule has 0 saturated heterocycles. The molecule has 0 unspecified atom stereocenters. The van der Waals surface area contributed by atoms with Crippen molar-refractivity contribution in [2.45, 2.75) is 32.4 Å². The second kappa shape index (κ2) is 10.1. The molecule has 9 nitrogen and oxygen atoms in total. The molecule has 0 atom stereocenters. The van der Waals surface area contributed by atoms with Crippen LogP contribution in [0.3, 0.4) is 0 Å². The highest BCUT2D eigenvalue weighted by molar-refractivity contribution is 5.94. The lowest BCUT2D eigenvalue weighted by Crippen LogP contribution is -2.29. The Balaban J connectivity index is 1.37. The summed E-state index contributed by atoms with van der Waals surface area (Å²) in [7, 11) is 3.12. The highest BCUT2D eigenvalue weighted by Gasteiger charge is 2.17. The van der Waals surface area contributed by atoms with Gasteiger partial charge < -0.3 is 19.4 Å². The molecule has 1 aliphatic rings. The zero-order valence-corrected chi connectivity index (χ0v) is 20.2. The number of aryl methyl sites for hydroxylation is 2. The first-order valence-electron chi connectivity index (χ1n) is 11.8. The van der Waals surface area contributed by atoms with Crippen LogP contribution >= 0.6 is 0 Å². The van der Waals surface area contributed by atoms with Gasteiger partial charge in [0.05, 0.1) is 31.3 Å². The monoisotopic (exact) mass is 485 g/mol. The minimum Gasteiger partial charge on any atom is -0.493 e. The van der Waals surface area contributed by atoms with E-state index in [-0.39, 0.29) is 18.0 Å². The van der Waals surface area contributed by atoms with E-state index in [0.717, 1.165) is 53.1 Å². The molecule has 1 N–H and O–H groups in total. The molecule has 36 heavy (non-hydrogen) atoms. The molecular formula is C27H27N5O4. The fraction of sp³-hybridized carbons (Fsp3) is 0.259. The van der Waals surface area contributed by atoms with Gasteiger partial charge in [-0.3, -0.25) is 9.59 Å². The number of benzene rings is 2. The van der Waals surface area contributed by atoms with Gasteiger partial charge in [0.2, 0.25) is 5.91 Å². The molecule has 0 saturated carbocycles. The standard InChI is InChI=1S/C27H27N5O4/c1-35-23-12-10-18(15-24(23)36-2)20-11-13-27(34)32(30-20)17-26(33)29-21-8-4-3-7-19(21)22-16-31-14-6-5-9-25(31)28-22/h3-4,7-8,10-13,15-16H,5-6,9,14,17H2,1-2H3,(H,29,33). The first-order valence-corrected chi connectivity index (χ1v) is 11.8. The van der Waals surface area contributed by atoms with E-state index in [1.807, 2.05) is 36.5 Å². The van der Waals surface area contributed by atoms with E-state index in [2.05, 4.69) is 15.0 Å². The molecule has 2 aromatic carbocycles. The maximum Gasteiger partial charge on any atom is 0.267 e. The third kappa shape index (κ3) is 4.72. The molecule has 3 heterocycles. The Morgan fingerprint density at radius 2 is 1.83 bits per heavy atom. The number of ether oxygens (including phenoxy) is 2. The van der Waals surface area contributed by atoms with E-state index < -0.39 is 0 Å². The average molecular weight is 486 g/mol. The molecule has 0 fully saturated rings. The van der Waals surface area contributed by atoms with Crippen molar-refractivity contribution >= 4 is 11.6 Å². The van der Waals surface area contributed by atoms with Gasteiger partial charge in [-0.2, -0.15) is 5.10 Å².